The van der Waals surface area contributed by atoms with Crippen molar-refractivity contribution in [3.05, 3.63) is 64.1 Å². The van der Waals surface area contributed by atoms with Gasteiger partial charge in [-0.15, -0.1) is 0 Å². The first kappa shape index (κ1) is 21.6. The molecule has 3 rings (SSSR count). The molecule has 1 saturated heterocycles. The van der Waals surface area contributed by atoms with Crippen molar-refractivity contribution in [2.45, 2.75) is 29.8 Å². The quantitative estimate of drug-likeness (QED) is 0.642. The Morgan fingerprint density at radius 1 is 1.04 bits per heavy atom. The van der Waals surface area contributed by atoms with Crippen molar-refractivity contribution in [2.75, 3.05) is 26.2 Å². The van der Waals surface area contributed by atoms with Gasteiger partial charge in [0.05, 0.1) is 10.5 Å². The molecule has 5 nitrogen and oxygen atoms in total. The van der Waals surface area contributed by atoms with E-state index >= 15 is 0 Å². The standard InChI is InChI=1S/C20H24Cl2N2O3S/c21-17-7-5-16(6-8-17)20(25)9-13-24(14-10-20)12-2-11-23-28(26,27)19-4-1-3-18(22)15-19/h1,3-8,15,23,25H,2,9-14H2. The predicted octanol–water partition coefficient (Wildman–Crippen LogP) is 3.65. The summed E-state index contributed by atoms with van der Waals surface area (Å²) in [6.45, 7) is 2.65. The maximum atomic E-state index is 12.3. The molecule has 0 atom stereocenters. The maximum absolute atomic E-state index is 12.3. The van der Waals surface area contributed by atoms with Crippen LogP contribution in [0.15, 0.2) is 53.4 Å². The lowest BCUT2D eigenvalue weighted by molar-refractivity contribution is -0.0259. The average molecular weight is 443 g/mol. The Balaban J connectivity index is 1.44. The topological polar surface area (TPSA) is 69.6 Å². The van der Waals surface area contributed by atoms with Crippen LogP contribution in [0.2, 0.25) is 10.0 Å². The molecule has 2 aromatic rings. The van der Waals surface area contributed by atoms with Gasteiger partial charge >= 0.3 is 0 Å². The van der Waals surface area contributed by atoms with Crippen LogP contribution in [0.3, 0.4) is 0 Å². The lowest BCUT2D eigenvalue weighted by Gasteiger charge is -2.38. The van der Waals surface area contributed by atoms with Crippen LogP contribution in [-0.4, -0.2) is 44.6 Å². The van der Waals surface area contributed by atoms with Crippen LogP contribution < -0.4 is 4.72 Å². The van der Waals surface area contributed by atoms with Gasteiger partial charge in [-0.25, -0.2) is 13.1 Å². The van der Waals surface area contributed by atoms with Gasteiger partial charge in [-0.1, -0.05) is 41.4 Å². The summed E-state index contributed by atoms with van der Waals surface area (Å²) in [5, 5.41) is 12.0. The first-order chi connectivity index (χ1) is 13.3. The number of sulfonamides is 1. The fourth-order valence-electron chi connectivity index (χ4n) is 3.42. The number of halogens is 2. The van der Waals surface area contributed by atoms with Crippen molar-refractivity contribution >= 4 is 33.2 Å². The first-order valence-electron chi connectivity index (χ1n) is 9.25. The molecule has 0 amide bonds. The zero-order chi connectivity index (χ0) is 20.2. The highest BCUT2D eigenvalue weighted by Gasteiger charge is 2.33. The molecule has 152 valence electrons. The predicted molar refractivity (Wildman–Crippen MR) is 112 cm³/mol. The zero-order valence-electron chi connectivity index (χ0n) is 15.4. The van der Waals surface area contributed by atoms with E-state index in [2.05, 4.69) is 9.62 Å². The van der Waals surface area contributed by atoms with Gasteiger partial charge in [-0.05, 0) is 61.7 Å². The molecule has 0 aromatic heterocycles. The SMILES string of the molecule is O=S(=O)(NCCCN1CCC(O)(c2ccc(Cl)cc2)CC1)c1cccc(Cl)c1. The molecule has 28 heavy (non-hydrogen) atoms. The molecule has 0 unspecified atom stereocenters. The molecule has 8 heteroatoms. The minimum atomic E-state index is -3.55. The summed E-state index contributed by atoms with van der Waals surface area (Å²) in [5.41, 5.74) is 0.0701. The van der Waals surface area contributed by atoms with Gasteiger partial charge in [-0.3, -0.25) is 0 Å². The Kier molecular flexibility index (Phi) is 7.02. The van der Waals surface area contributed by atoms with Crippen molar-refractivity contribution < 1.29 is 13.5 Å². The van der Waals surface area contributed by atoms with E-state index in [9.17, 15) is 13.5 Å². The molecule has 0 spiro atoms. The molecule has 0 bridgehead atoms. The van der Waals surface area contributed by atoms with Gasteiger partial charge in [-0.2, -0.15) is 0 Å². The molecule has 1 aliphatic heterocycles. The number of hydrogen-bond acceptors (Lipinski definition) is 4. The van der Waals surface area contributed by atoms with E-state index in [4.69, 9.17) is 23.2 Å². The van der Waals surface area contributed by atoms with Crippen LogP contribution in [0.5, 0.6) is 0 Å². The van der Waals surface area contributed by atoms with E-state index in [0.29, 0.717) is 35.9 Å². The highest BCUT2D eigenvalue weighted by atomic mass is 35.5. The van der Waals surface area contributed by atoms with Gasteiger partial charge in [0.1, 0.15) is 0 Å². The third-order valence-corrected chi connectivity index (χ3v) is 7.06. The lowest BCUT2D eigenvalue weighted by atomic mass is 9.84. The Labute approximate surface area is 176 Å². The number of hydrogen-bond donors (Lipinski definition) is 2. The van der Waals surface area contributed by atoms with Crippen molar-refractivity contribution in [3.63, 3.8) is 0 Å². The molecule has 1 fully saturated rings. The molecule has 2 aromatic carbocycles. The van der Waals surface area contributed by atoms with Crippen LogP contribution >= 0.6 is 23.2 Å². The van der Waals surface area contributed by atoms with E-state index in [0.717, 1.165) is 25.2 Å². The van der Waals surface area contributed by atoms with Crippen molar-refractivity contribution in [3.8, 4) is 0 Å². The van der Waals surface area contributed by atoms with Crippen molar-refractivity contribution in [1.82, 2.24) is 9.62 Å². The van der Waals surface area contributed by atoms with Crippen molar-refractivity contribution in [1.29, 1.82) is 0 Å². The van der Waals surface area contributed by atoms with Crippen molar-refractivity contribution in [2.24, 2.45) is 0 Å². The number of nitrogens with zero attached hydrogens (tertiary/aromatic N) is 1. The molecule has 1 heterocycles. The second-order valence-corrected chi connectivity index (χ2v) is 9.73. The molecule has 1 aliphatic rings. The third kappa shape index (κ3) is 5.47. The van der Waals surface area contributed by atoms with Crippen LogP contribution in [0.1, 0.15) is 24.8 Å². The Hall–Kier alpha value is -1.15. The minimum Gasteiger partial charge on any atom is -0.385 e. The number of rotatable bonds is 7. The second-order valence-electron chi connectivity index (χ2n) is 7.09. The third-order valence-electron chi connectivity index (χ3n) is 5.11. The fourth-order valence-corrected chi connectivity index (χ4v) is 4.92. The molecular weight excluding hydrogens is 419 g/mol. The summed E-state index contributed by atoms with van der Waals surface area (Å²) in [7, 11) is -3.55. The first-order valence-corrected chi connectivity index (χ1v) is 11.5. The van der Waals surface area contributed by atoms with Gasteiger partial charge < -0.3 is 10.0 Å². The number of piperidine rings is 1. The zero-order valence-corrected chi connectivity index (χ0v) is 17.8. The highest BCUT2D eigenvalue weighted by molar-refractivity contribution is 7.89. The maximum Gasteiger partial charge on any atom is 0.240 e. The molecule has 0 radical (unpaired) electrons. The number of nitrogens with one attached hydrogen (secondary N) is 1. The van der Waals surface area contributed by atoms with Crippen LogP contribution in [0, 0.1) is 0 Å². The smallest absolute Gasteiger partial charge is 0.240 e. The summed E-state index contributed by atoms with van der Waals surface area (Å²) in [6, 6.07) is 13.6. The monoisotopic (exact) mass is 442 g/mol. The summed E-state index contributed by atoms with van der Waals surface area (Å²) in [4.78, 5) is 2.42. The largest absolute Gasteiger partial charge is 0.385 e. The average Bonchev–Trinajstić information content (AvgIpc) is 2.67. The second kappa shape index (κ2) is 9.11. The molecule has 0 saturated carbocycles. The fraction of sp³-hybridized carbons (Fsp3) is 0.400. The lowest BCUT2D eigenvalue weighted by Crippen LogP contribution is -2.43. The van der Waals surface area contributed by atoms with Gasteiger partial charge in [0.25, 0.3) is 0 Å². The normalized spacial score (nSPS) is 17.5. The summed E-state index contributed by atoms with van der Waals surface area (Å²) in [6.07, 6.45) is 1.98. The molecule has 2 N–H and O–H groups in total. The van der Waals surface area contributed by atoms with E-state index in [1.54, 1.807) is 24.3 Å². The van der Waals surface area contributed by atoms with Gasteiger partial charge in [0.15, 0.2) is 0 Å². The van der Waals surface area contributed by atoms with Gasteiger partial charge in [0.2, 0.25) is 10.0 Å². The Bertz CT molecular complexity index is 896. The van der Waals surface area contributed by atoms with E-state index in [1.807, 2.05) is 12.1 Å². The highest BCUT2D eigenvalue weighted by Crippen LogP contribution is 2.33. The number of likely N-dealkylation sites (tertiary alicyclic amines) is 1. The summed E-state index contributed by atoms with van der Waals surface area (Å²) < 4.78 is 27.2. The number of benzene rings is 2. The van der Waals surface area contributed by atoms with E-state index in [1.165, 1.54) is 12.1 Å². The summed E-state index contributed by atoms with van der Waals surface area (Å²) >= 11 is 11.8. The van der Waals surface area contributed by atoms with Crippen LogP contribution in [0.4, 0.5) is 0 Å². The van der Waals surface area contributed by atoms with Gasteiger partial charge in [0, 0.05) is 29.7 Å². The minimum absolute atomic E-state index is 0.172. The van der Waals surface area contributed by atoms with E-state index in [-0.39, 0.29) is 4.90 Å². The summed E-state index contributed by atoms with van der Waals surface area (Å²) in [5.74, 6) is 0. The molecule has 0 aliphatic carbocycles. The van der Waals surface area contributed by atoms with Crippen LogP contribution in [0.25, 0.3) is 0 Å². The number of aliphatic hydroxyl groups is 1. The Morgan fingerprint density at radius 2 is 1.71 bits per heavy atom. The Morgan fingerprint density at radius 3 is 2.36 bits per heavy atom. The van der Waals surface area contributed by atoms with E-state index < -0.39 is 15.6 Å². The van der Waals surface area contributed by atoms with Crippen LogP contribution in [-0.2, 0) is 15.6 Å². The molecular formula is C20H24Cl2N2O3S.